The zero-order valence-electron chi connectivity index (χ0n) is 25.8. The number of carbonyl (C=O) groups is 2. The number of aryl methyl sites for hydroxylation is 3. The highest BCUT2D eigenvalue weighted by Crippen LogP contribution is 2.33. The number of carboxylic acids is 1. The van der Waals surface area contributed by atoms with Gasteiger partial charge in [0.1, 0.15) is 12.2 Å². The van der Waals surface area contributed by atoms with E-state index in [0.29, 0.717) is 37.2 Å². The highest BCUT2D eigenvalue weighted by molar-refractivity contribution is 5.82. The number of carboxylic acid groups (broad SMARTS) is 1. The Morgan fingerprint density at radius 2 is 1.70 bits per heavy atom. The lowest BCUT2D eigenvalue weighted by Crippen LogP contribution is -2.49. The SMILES string of the molecule is Cc1cc(=O)n(C(CC(C)C)C(=O)N[C@@H](CC(=O)O)c2cc(-c3c(C)cccc3C)cc(F)c2F)cc1CCN1CC(F)C1. The lowest BCUT2D eigenvalue weighted by Gasteiger charge is -2.34. The molecule has 2 atom stereocenters. The molecule has 3 aromatic rings. The van der Waals surface area contributed by atoms with Gasteiger partial charge >= 0.3 is 5.97 Å². The number of halogens is 3. The third kappa shape index (κ3) is 7.59. The van der Waals surface area contributed by atoms with Gasteiger partial charge in [-0.2, -0.15) is 0 Å². The Labute approximate surface area is 255 Å². The van der Waals surface area contributed by atoms with E-state index in [1.807, 2.05) is 50.8 Å². The molecular formula is C34H40F3N3O4. The predicted molar refractivity (Wildman–Crippen MR) is 163 cm³/mol. The number of alkyl halides is 1. The van der Waals surface area contributed by atoms with Gasteiger partial charge in [-0.25, -0.2) is 13.2 Å². The molecule has 1 amide bonds. The van der Waals surface area contributed by atoms with Gasteiger partial charge in [0, 0.05) is 37.5 Å². The van der Waals surface area contributed by atoms with Gasteiger partial charge in [-0.15, -0.1) is 0 Å². The second-order valence-corrected chi connectivity index (χ2v) is 12.3. The monoisotopic (exact) mass is 611 g/mol. The molecule has 0 spiro atoms. The van der Waals surface area contributed by atoms with Crippen LogP contribution in [0.15, 0.2) is 47.4 Å². The van der Waals surface area contributed by atoms with Crippen LogP contribution in [0.3, 0.4) is 0 Å². The van der Waals surface area contributed by atoms with Gasteiger partial charge in [0.25, 0.3) is 5.56 Å². The van der Waals surface area contributed by atoms with Crippen LogP contribution in [0.5, 0.6) is 0 Å². The molecule has 0 saturated carbocycles. The number of likely N-dealkylation sites (tertiary alicyclic amines) is 1. The number of hydrogen-bond acceptors (Lipinski definition) is 4. The molecule has 2 heterocycles. The summed E-state index contributed by atoms with van der Waals surface area (Å²) < 4.78 is 45.0. The lowest BCUT2D eigenvalue weighted by molar-refractivity contribution is -0.138. The van der Waals surface area contributed by atoms with Crippen molar-refractivity contribution in [2.75, 3.05) is 19.6 Å². The first kappa shape index (κ1) is 33.0. The van der Waals surface area contributed by atoms with Crippen LogP contribution in [0.1, 0.15) is 66.6 Å². The largest absolute Gasteiger partial charge is 0.481 e. The van der Waals surface area contributed by atoms with Gasteiger partial charge in [0.15, 0.2) is 11.6 Å². The van der Waals surface area contributed by atoms with Crippen molar-refractivity contribution >= 4 is 11.9 Å². The molecule has 1 saturated heterocycles. The lowest BCUT2D eigenvalue weighted by atomic mass is 9.92. The minimum absolute atomic E-state index is 0.0376. The summed E-state index contributed by atoms with van der Waals surface area (Å²) >= 11 is 0. The molecule has 1 unspecified atom stereocenters. The van der Waals surface area contributed by atoms with Crippen molar-refractivity contribution < 1.29 is 27.9 Å². The first-order valence-corrected chi connectivity index (χ1v) is 14.9. The van der Waals surface area contributed by atoms with Crippen LogP contribution < -0.4 is 10.9 Å². The molecule has 10 heteroatoms. The fourth-order valence-electron chi connectivity index (χ4n) is 5.91. The maximum absolute atomic E-state index is 15.4. The first-order chi connectivity index (χ1) is 20.7. The predicted octanol–water partition coefficient (Wildman–Crippen LogP) is 5.83. The summed E-state index contributed by atoms with van der Waals surface area (Å²) in [5.74, 6) is -4.44. The van der Waals surface area contributed by atoms with Crippen molar-refractivity contribution in [2.45, 2.75) is 72.1 Å². The van der Waals surface area contributed by atoms with Crippen LogP contribution in [0.2, 0.25) is 0 Å². The molecule has 1 fully saturated rings. The van der Waals surface area contributed by atoms with Crippen LogP contribution >= 0.6 is 0 Å². The number of aliphatic carboxylic acids is 1. The summed E-state index contributed by atoms with van der Waals surface area (Å²) in [4.78, 5) is 40.9. The summed E-state index contributed by atoms with van der Waals surface area (Å²) in [6, 6.07) is 6.98. The van der Waals surface area contributed by atoms with E-state index < -0.39 is 53.7 Å². The van der Waals surface area contributed by atoms with Gasteiger partial charge < -0.3 is 15.0 Å². The summed E-state index contributed by atoms with van der Waals surface area (Å²) in [5, 5.41) is 12.3. The number of pyridine rings is 1. The summed E-state index contributed by atoms with van der Waals surface area (Å²) in [6.07, 6.45) is 0.884. The molecule has 0 aliphatic carbocycles. The van der Waals surface area contributed by atoms with E-state index in [0.717, 1.165) is 28.3 Å². The summed E-state index contributed by atoms with van der Waals surface area (Å²) in [6.45, 7) is 10.6. The van der Waals surface area contributed by atoms with E-state index in [4.69, 9.17) is 0 Å². The molecule has 2 aromatic carbocycles. The van der Waals surface area contributed by atoms with Crippen LogP contribution in [0.25, 0.3) is 11.1 Å². The minimum atomic E-state index is -1.41. The quantitative estimate of drug-likeness (QED) is 0.269. The Kier molecular flexibility index (Phi) is 10.3. The van der Waals surface area contributed by atoms with E-state index in [2.05, 4.69) is 5.32 Å². The average molecular weight is 612 g/mol. The van der Waals surface area contributed by atoms with Crippen molar-refractivity contribution in [2.24, 2.45) is 5.92 Å². The Morgan fingerprint density at radius 3 is 2.30 bits per heavy atom. The number of rotatable bonds is 12. The number of nitrogens with zero attached hydrogens (tertiary/aromatic N) is 2. The van der Waals surface area contributed by atoms with Crippen LogP contribution in [0, 0.1) is 38.3 Å². The molecule has 236 valence electrons. The zero-order chi connectivity index (χ0) is 32.3. The molecule has 4 rings (SSSR count). The number of amides is 1. The van der Waals surface area contributed by atoms with Crippen LogP contribution in [0.4, 0.5) is 13.2 Å². The van der Waals surface area contributed by atoms with E-state index in [1.54, 1.807) is 13.1 Å². The number of hydrogen-bond donors (Lipinski definition) is 2. The van der Waals surface area contributed by atoms with Crippen LogP contribution in [-0.2, 0) is 16.0 Å². The van der Waals surface area contributed by atoms with E-state index in [1.165, 1.54) is 16.7 Å². The topological polar surface area (TPSA) is 91.6 Å². The Balaban J connectivity index is 1.71. The zero-order valence-corrected chi connectivity index (χ0v) is 25.8. The van der Waals surface area contributed by atoms with Crippen molar-refractivity contribution in [1.82, 2.24) is 14.8 Å². The van der Waals surface area contributed by atoms with Crippen LogP contribution in [-0.4, -0.2) is 52.3 Å². The highest BCUT2D eigenvalue weighted by atomic mass is 19.2. The molecule has 0 bridgehead atoms. The number of aromatic nitrogens is 1. The molecule has 1 aliphatic heterocycles. The molecule has 0 radical (unpaired) electrons. The third-order valence-corrected chi connectivity index (χ3v) is 8.24. The minimum Gasteiger partial charge on any atom is -0.481 e. The van der Waals surface area contributed by atoms with Gasteiger partial charge in [-0.05, 0) is 85.0 Å². The van der Waals surface area contributed by atoms with E-state index in [9.17, 15) is 23.9 Å². The maximum atomic E-state index is 15.4. The molecule has 2 N–H and O–H groups in total. The molecule has 44 heavy (non-hydrogen) atoms. The number of carbonyl (C=O) groups excluding carboxylic acids is 1. The highest BCUT2D eigenvalue weighted by Gasteiger charge is 2.30. The van der Waals surface area contributed by atoms with Gasteiger partial charge in [-0.3, -0.25) is 19.3 Å². The van der Waals surface area contributed by atoms with Gasteiger partial charge in [0.2, 0.25) is 5.91 Å². The van der Waals surface area contributed by atoms with Gasteiger partial charge in [-0.1, -0.05) is 32.0 Å². The van der Waals surface area contributed by atoms with Crippen molar-refractivity contribution in [3.8, 4) is 11.1 Å². The maximum Gasteiger partial charge on any atom is 0.305 e. The van der Waals surface area contributed by atoms with Gasteiger partial charge in [0.05, 0.1) is 12.5 Å². The normalized spacial score (nSPS) is 15.2. The summed E-state index contributed by atoms with van der Waals surface area (Å²) in [7, 11) is 0. The molecular weight excluding hydrogens is 571 g/mol. The van der Waals surface area contributed by atoms with E-state index >= 15 is 8.78 Å². The average Bonchev–Trinajstić information content (AvgIpc) is 2.91. The standard InChI is InChI=1S/C34H40F3N3O4/c1-19(2)11-29(40-16-23(22(5)12-30(40)41)9-10-39-17-25(35)18-39)34(44)38-28(15-31(42)43)26-13-24(14-27(36)33(26)37)32-20(3)7-6-8-21(32)4/h6-8,12-14,16,19,25,28-29H,9-11,15,17-18H2,1-5H3,(H,38,44)(H,42,43)/t28-,29?/m0/s1. The Morgan fingerprint density at radius 1 is 1.05 bits per heavy atom. The fraction of sp³-hybridized carbons (Fsp3) is 0.441. The van der Waals surface area contributed by atoms with E-state index in [-0.39, 0.29) is 17.9 Å². The third-order valence-electron chi connectivity index (χ3n) is 8.24. The smallest absolute Gasteiger partial charge is 0.305 e. The molecule has 1 aliphatic rings. The van der Waals surface area contributed by atoms with Crippen molar-refractivity contribution in [3.05, 3.63) is 92.4 Å². The fourth-order valence-corrected chi connectivity index (χ4v) is 5.91. The Hall–Kier alpha value is -3.92. The molecule has 1 aromatic heterocycles. The number of nitrogens with one attached hydrogen (secondary N) is 1. The van der Waals surface area contributed by atoms with Crippen molar-refractivity contribution in [3.63, 3.8) is 0 Å². The number of benzene rings is 2. The Bertz CT molecular complexity index is 1580. The van der Waals surface area contributed by atoms with Crippen molar-refractivity contribution in [1.29, 1.82) is 0 Å². The second kappa shape index (κ2) is 13.8. The first-order valence-electron chi connectivity index (χ1n) is 14.9. The second-order valence-electron chi connectivity index (χ2n) is 12.3. The molecule has 7 nitrogen and oxygen atoms in total. The summed E-state index contributed by atoms with van der Waals surface area (Å²) in [5.41, 5.74) is 3.56.